The fraction of sp³-hybridized carbons (Fsp3) is 0.458. The number of carbonyl (C=O) groups is 3. The lowest BCUT2D eigenvalue weighted by Gasteiger charge is -2.18. The third-order valence-corrected chi connectivity index (χ3v) is 6.44. The zero-order valence-electron chi connectivity index (χ0n) is 18.9. The van der Waals surface area contributed by atoms with Gasteiger partial charge in [-0.2, -0.15) is 0 Å². The van der Waals surface area contributed by atoms with Gasteiger partial charge in [-0.15, -0.1) is 11.3 Å². The summed E-state index contributed by atoms with van der Waals surface area (Å²) in [6.45, 7) is 7.86. The molecule has 1 aromatic heterocycles. The first-order valence-corrected chi connectivity index (χ1v) is 11.7. The second-order valence-electron chi connectivity index (χ2n) is 7.77. The molecule has 1 aliphatic rings. The largest absolute Gasteiger partial charge is 0.479 e. The Balaban J connectivity index is 1.75. The number of thiophene rings is 1. The van der Waals surface area contributed by atoms with Crippen LogP contribution in [0.15, 0.2) is 24.3 Å². The molecule has 0 saturated carbocycles. The molecule has 0 spiro atoms. The minimum atomic E-state index is -0.749. The van der Waals surface area contributed by atoms with Crippen LogP contribution in [0.5, 0.6) is 5.75 Å². The van der Waals surface area contributed by atoms with Crippen molar-refractivity contribution < 1.29 is 28.6 Å². The zero-order chi connectivity index (χ0) is 23.3. The van der Waals surface area contributed by atoms with Gasteiger partial charge in [-0.05, 0) is 75.8 Å². The number of rotatable bonds is 8. The number of anilines is 1. The molecule has 1 N–H and O–H groups in total. The first-order valence-electron chi connectivity index (χ1n) is 10.9. The van der Waals surface area contributed by atoms with E-state index in [1.165, 1.54) is 11.3 Å². The SMILES string of the molecule is CCOC(=O)c1c(NC(=O)c2ccc(O[C@H](C)C(=O)OCC)cc2)sc2c1CC[C@H](C)C2. The summed E-state index contributed by atoms with van der Waals surface area (Å²) < 4.78 is 15.7. The molecule has 0 aliphatic heterocycles. The molecular weight excluding hydrogens is 430 g/mol. The van der Waals surface area contributed by atoms with E-state index in [9.17, 15) is 14.4 Å². The van der Waals surface area contributed by atoms with Crippen LogP contribution in [0.1, 0.15) is 65.3 Å². The van der Waals surface area contributed by atoms with Gasteiger partial charge >= 0.3 is 11.9 Å². The lowest BCUT2D eigenvalue weighted by Crippen LogP contribution is -2.26. The number of amides is 1. The van der Waals surface area contributed by atoms with Crippen LogP contribution in [0.2, 0.25) is 0 Å². The molecule has 2 aromatic rings. The fourth-order valence-corrected chi connectivity index (χ4v) is 5.02. The van der Waals surface area contributed by atoms with Gasteiger partial charge in [-0.1, -0.05) is 6.92 Å². The second kappa shape index (κ2) is 10.6. The van der Waals surface area contributed by atoms with Crippen molar-refractivity contribution in [1.82, 2.24) is 0 Å². The second-order valence-corrected chi connectivity index (χ2v) is 8.87. The summed E-state index contributed by atoms with van der Waals surface area (Å²) in [6.07, 6.45) is 1.96. The van der Waals surface area contributed by atoms with Crippen LogP contribution in [0.4, 0.5) is 5.00 Å². The van der Waals surface area contributed by atoms with E-state index >= 15 is 0 Å². The third-order valence-electron chi connectivity index (χ3n) is 5.27. The summed E-state index contributed by atoms with van der Waals surface area (Å²) in [5.41, 5.74) is 1.89. The van der Waals surface area contributed by atoms with Crippen molar-refractivity contribution >= 4 is 34.2 Å². The summed E-state index contributed by atoms with van der Waals surface area (Å²) in [6, 6.07) is 6.47. The van der Waals surface area contributed by atoms with Crippen molar-refractivity contribution in [2.24, 2.45) is 5.92 Å². The van der Waals surface area contributed by atoms with Crippen LogP contribution in [0.3, 0.4) is 0 Å². The standard InChI is InChI=1S/C24H29NO6S/c1-5-29-23(27)15(4)31-17-10-8-16(9-11-17)21(26)25-22-20(24(28)30-6-2)18-12-7-14(3)13-19(18)32-22/h8-11,14-15H,5-7,12-13H2,1-4H3,(H,25,26)/t14-,15+/m0/s1. The molecule has 0 bridgehead atoms. The first kappa shape index (κ1) is 23.8. The van der Waals surface area contributed by atoms with E-state index in [-0.39, 0.29) is 19.1 Å². The molecule has 172 valence electrons. The lowest BCUT2D eigenvalue weighted by atomic mass is 9.88. The van der Waals surface area contributed by atoms with E-state index in [2.05, 4.69) is 12.2 Å². The quantitative estimate of drug-likeness (QED) is 0.579. The van der Waals surface area contributed by atoms with E-state index in [0.29, 0.717) is 27.8 Å². The van der Waals surface area contributed by atoms with Gasteiger partial charge in [0, 0.05) is 10.4 Å². The average Bonchev–Trinajstić information content (AvgIpc) is 3.11. The normalized spacial score (nSPS) is 15.9. The molecule has 3 rings (SSSR count). The van der Waals surface area contributed by atoms with Crippen molar-refractivity contribution in [3.8, 4) is 5.75 Å². The van der Waals surface area contributed by atoms with Crippen molar-refractivity contribution in [3.63, 3.8) is 0 Å². The van der Waals surface area contributed by atoms with Crippen LogP contribution in [0.25, 0.3) is 0 Å². The molecular formula is C24H29NO6S. The molecule has 1 aromatic carbocycles. The third kappa shape index (κ3) is 5.48. The average molecular weight is 460 g/mol. The molecule has 1 aliphatic carbocycles. The van der Waals surface area contributed by atoms with Crippen LogP contribution in [-0.4, -0.2) is 37.2 Å². The van der Waals surface area contributed by atoms with E-state index in [0.717, 1.165) is 29.7 Å². The first-order chi connectivity index (χ1) is 15.3. The molecule has 0 fully saturated rings. The number of fused-ring (bicyclic) bond motifs is 1. The predicted octanol–water partition coefficient (Wildman–Crippen LogP) is 4.63. The van der Waals surface area contributed by atoms with E-state index in [1.54, 1.807) is 45.0 Å². The Kier molecular flexibility index (Phi) is 7.90. The van der Waals surface area contributed by atoms with Crippen molar-refractivity contribution in [2.45, 2.75) is 53.1 Å². The van der Waals surface area contributed by atoms with Gasteiger partial charge < -0.3 is 19.5 Å². The Morgan fingerprint density at radius 1 is 1.12 bits per heavy atom. The minimum absolute atomic E-state index is 0.277. The predicted molar refractivity (Wildman–Crippen MR) is 123 cm³/mol. The van der Waals surface area contributed by atoms with Crippen molar-refractivity contribution in [2.75, 3.05) is 18.5 Å². The number of hydrogen-bond acceptors (Lipinski definition) is 7. The number of carbonyl (C=O) groups excluding carboxylic acids is 3. The van der Waals surface area contributed by atoms with Crippen molar-refractivity contribution in [3.05, 3.63) is 45.8 Å². The van der Waals surface area contributed by atoms with Gasteiger partial charge in [0.1, 0.15) is 10.8 Å². The van der Waals surface area contributed by atoms with Gasteiger partial charge in [0.2, 0.25) is 0 Å². The van der Waals surface area contributed by atoms with Crippen molar-refractivity contribution in [1.29, 1.82) is 0 Å². The molecule has 32 heavy (non-hydrogen) atoms. The summed E-state index contributed by atoms with van der Waals surface area (Å²) in [7, 11) is 0. The van der Waals surface area contributed by atoms with Gasteiger partial charge in [0.05, 0.1) is 18.8 Å². The highest BCUT2D eigenvalue weighted by molar-refractivity contribution is 7.17. The van der Waals surface area contributed by atoms with Gasteiger partial charge in [-0.3, -0.25) is 4.79 Å². The maximum absolute atomic E-state index is 12.9. The Bertz CT molecular complexity index is 981. The van der Waals surface area contributed by atoms with E-state index in [4.69, 9.17) is 14.2 Å². The number of esters is 2. The van der Waals surface area contributed by atoms with Gasteiger partial charge in [-0.25, -0.2) is 9.59 Å². The number of benzene rings is 1. The maximum atomic E-state index is 12.9. The molecule has 0 radical (unpaired) electrons. The van der Waals surface area contributed by atoms with Gasteiger partial charge in [0.15, 0.2) is 6.10 Å². The minimum Gasteiger partial charge on any atom is -0.479 e. The molecule has 1 amide bonds. The Hall–Kier alpha value is -2.87. The Morgan fingerprint density at radius 3 is 2.47 bits per heavy atom. The Morgan fingerprint density at radius 2 is 1.81 bits per heavy atom. The highest BCUT2D eigenvalue weighted by atomic mass is 32.1. The summed E-state index contributed by atoms with van der Waals surface area (Å²) in [5, 5.41) is 3.43. The molecule has 1 heterocycles. The molecule has 7 nitrogen and oxygen atoms in total. The van der Waals surface area contributed by atoms with Crippen LogP contribution in [0, 0.1) is 5.92 Å². The number of ether oxygens (including phenoxy) is 3. The summed E-state index contributed by atoms with van der Waals surface area (Å²) in [5.74, 6) is -0.172. The monoisotopic (exact) mass is 459 g/mol. The highest BCUT2D eigenvalue weighted by Crippen LogP contribution is 2.40. The smallest absolute Gasteiger partial charge is 0.347 e. The fourth-order valence-electron chi connectivity index (χ4n) is 3.63. The zero-order valence-corrected chi connectivity index (χ0v) is 19.7. The maximum Gasteiger partial charge on any atom is 0.347 e. The molecule has 8 heteroatoms. The van der Waals surface area contributed by atoms with Crippen LogP contribution >= 0.6 is 11.3 Å². The molecule has 2 atom stereocenters. The van der Waals surface area contributed by atoms with Gasteiger partial charge in [0.25, 0.3) is 5.91 Å². The molecule has 0 saturated heterocycles. The summed E-state index contributed by atoms with van der Waals surface area (Å²) >= 11 is 1.45. The van der Waals surface area contributed by atoms with Crippen LogP contribution in [-0.2, 0) is 27.1 Å². The van der Waals surface area contributed by atoms with Crippen LogP contribution < -0.4 is 10.1 Å². The topological polar surface area (TPSA) is 90.9 Å². The van der Waals surface area contributed by atoms with E-state index in [1.807, 2.05) is 0 Å². The van der Waals surface area contributed by atoms with E-state index < -0.39 is 18.0 Å². The number of hydrogen-bond donors (Lipinski definition) is 1. The molecule has 0 unspecified atom stereocenters. The highest BCUT2D eigenvalue weighted by Gasteiger charge is 2.29. The number of nitrogens with one attached hydrogen (secondary N) is 1. The lowest BCUT2D eigenvalue weighted by molar-refractivity contribution is -0.150. The summed E-state index contributed by atoms with van der Waals surface area (Å²) in [4.78, 5) is 38.4. The Labute approximate surface area is 192 Å².